The third-order valence-electron chi connectivity index (χ3n) is 4.75. The van der Waals surface area contributed by atoms with Crippen molar-refractivity contribution in [2.45, 2.75) is 22.8 Å². The van der Waals surface area contributed by atoms with Gasteiger partial charge in [-0.25, -0.2) is 22.5 Å². The Morgan fingerprint density at radius 3 is 2.70 bits per heavy atom. The van der Waals surface area contributed by atoms with Crippen LogP contribution < -0.4 is 21.3 Å². The van der Waals surface area contributed by atoms with Gasteiger partial charge in [0.05, 0.1) is 28.0 Å². The number of rotatable bonds is 7. The van der Waals surface area contributed by atoms with E-state index in [1.165, 1.54) is 24.3 Å². The van der Waals surface area contributed by atoms with Gasteiger partial charge in [0.25, 0.3) is 0 Å². The van der Waals surface area contributed by atoms with Crippen molar-refractivity contribution < 1.29 is 17.4 Å². The molecule has 0 saturated heterocycles. The minimum absolute atomic E-state index is 0.0257. The van der Waals surface area contributed by atoms with Crippen LogP contribution in [0.3, 0.4) is 0 Å². The zero-order chi connectivity index (χ0) is 23.9. The normalized spacial score (nSPS) is 14.0. The highest BCUT2D eigenvalue weighted by Crippen LogP contribution is 2.41. The Morgan fingerprint density at radius 2 is 2.06 bits per heavy atom. The lowest BCUT2D eigenvalue weighted by molar-refractivity contribution is 0.557. The first-order chi connectivity index (χ1) is 15.6. The number of nitrogens with two attached hydrogens (primary N) is 3. The molecule has 0 spiro atoms. The standard InChI is InChI=1S/C17H19FN10O3S2/c1-7(6-19)26-33(30,31)12-3-2-9(13(15(12)32(21)29)16-24-27-28-25-16)10-4-8(18)5-11-14(10)23-17(20)22-11/h2-5,7,26H,6,19,21H2,1H3,(H3,20,22,23)(H,24,25,27,28)/t7-,32?/m0/s1. The van der Waals surface area contributed by atoms with E-state index >= 15 is 0 Å². The zero-order valence-corrected chi connectivity index (χ0v) is 18.7. The maximum atomic E-state index is 14.4. The summed E-state index contributed by atoms with van der Waals surface area (Å²) in [5, 5.41) is 19.3. The van der Waals surface area contributed by atoms with Gasteiger partial charge in [-0.05, 0) is 30.3 Å². The molecule has 16 heteroatoms. The fraction of sp³-hybridized carbons (Fsp3) is 0.176. The van der Waals surface area contributed by atoms with E-state index in [0.29, 0.717) is 5.52 Å². The van der Waals surface area contributed by atoms with Gasteiger partial charge in [0.15, 0.2) is 5.95 Å². The number of sulfonamides is 1. The zero-order valence-electron chi connectivity index (χ0n) is 17.0. The number of tetrazole rings is 1. The van der Waals surface area contributed by atoms with Crippen molar-refractivity contribution in [3.05, 3.63) is 30.1 Å². The Labute approximate surface area is 189 Å². The maximum absolute atomic E-state index is 14.4. The fourth-order valence-electron chi connectivity index (χ4n) is 3.37. The summed E-state index contributed by atoms with van der Waals surface area (Å²) in [4.78, 5) is 6.25. The Kier molecular flexibility index (Phi) is 6.04. The summed E-state index contributed by atoms with van der Waals surface area (Å²) < 4.78 is 55.6. The summed E-state index contributed by atoms with van der Waals surface area (Å²) in [6, 6.07) is 4.36. The average molecular weight is 495 g/mol. The molecule has 0 aliphatic rings. The number of nitrogens with zero attached hydrogens (tertiary/aromatic N) is 4. The van der Waals surface area contributed by atoms with Crippen LogP contribution in [0, 0.1) is 5.82 Å². The van der Waals surface area contributed by atoms with Gasteiger partial charge in [-0.1, -0.05) is 6.07 Å². The molecule has 2 heterocycles. The second-order valence-electron chi connectivity index (χ2n) is 7.08. The van der Waals surface area contributed by atoms with Gasteiger partial charge >= 0.3 is 0 Å². The van der Waals surface area contributed by atoms with Gasteiger partial charge in [-0.2, -0.15) is 5.21 Å². The number of nitrogen functional groups attached to an aromatic ring is 1. The molecular weight excluding hydrogens is 475 g/mol. The molecule has 1 unspecified atom stereocenters. The molecule has 174 valence electrons. The van der Waals surface area contributed by atoms with Crippen LogP contribution in [0.4, 0.5) is 10.3 Å². The Hall–Kier alpha value is -3.15. The van der Waals surface area contributed by atoms with Crippen molar-refractivity contribution >= 4 is 38.4 Å². The molecule has 0 saturated carbocycles. The largest absolute Gasteiger partial charge is 0.593 e. The van der Waals surface area contributed by atoms with Gasteiger partial charge < -0.3 is 21.0 Å². The first-order valence-corrected chi connectivity index (χ1v) is 12.1. The van der Waals surface area contributed by atoms with Gasteiger partial charge in [0, 0.05) is 23.7 Å². The molecule has 2 aromatic carbocycles. The molecule has 0 amide bonds. The monoisotopic (exact) mass is 494 g/mol. The predicted octanol–water partition coefficient (Wildman–Crippen LogP) is -0.262. The van der Waals surface area contributed by atoms with Gasteiger partial charge in [0.2, 0.25) is 20.7 Å². The number of aromatic amines is 2. The quantitative estimate of drug-likeness (QED) is 0.184. The lowest BCUT2D eigenvalue weighted by atomic mass is 9.97. The number of anilines is 1. The number of halogens is 1. The molecule has 0 aliphatic carbocycles. The van der Waals surface area contributed by atoms with Gasteiger partial charge in [-0.15, -0.1) is 15.3 Å². The first kappa shape index (κ1) is 23.0. The summed E-state index contributed by atoms with van der Waals surface area (Å²) in [6.07, 6.45) is 0. The molecule has 13 nitrogen and oxygen atoms in total. The number of hydrogen-bond donors (Lipinski definition) is 6. The first-order valence-electron chi connectivity index (χ1n) is 9.37. The van der Waals surface area contributed by atoms with E-state index in [-0.39, 0.29) is 50.3 Å². The molecular formula is C17H19FN10O3S2. The molecule has 33 heavy (non-hydrogen) atoms. The number of hydrogen-bond acceptors (Lipinski definition) is 10. The number of benzene rings is 2. The average Bonchev–Trinajstić information content (AvgIpc) is 3.40. The van der Waals surface area contributed by atoms with Crippen LogP contribution in [0.15, 0.2) is 34.1 Å². The van der Waals surface area contributed by atoms with Crippen LogP contribution in [0.5, 0.6) is 0 Å². The summed E-state index contributed by atoms with van der Waals surface area (Å²) in [5.41, 5.74) is 12.3. The number of imidazole rings is 1. The highest BCUT2D eigenvalue weighted by Gasteiger charge is 2.34. The van der Waals surface area contributed by atoms with Crippen molar-refractivity contribution in [1.29, 1.82) is 0 Å². The summed E-state index contributed by atoms with van der Waals surface area (Å²) >= 11 is -2.34. The second-order valence-corrected chi connectivity index (χ2v) is 9.76. The highest BCUT2D eigenvalue weighted by atomic mass is 32.2. The third-order valence-corrected chi connectivity index (χ3v) is 7.34. The smallest absolute Gasteiger partial charge is 0.245 e. The van der Waals surface area contributed by atoms with Crippen molar-refractivity contribution in [1.82, 2.24) is 35.3 Å². The van der Waals surface area contributed by atoms with E-state index in [4.69, 9.17) is 16.6 Å². The Morgan fingerprint density at radius 1 is 1.30 bits per heavy atom. The second kappa shape index (κ2) is 8.65. The van der Waals surface area contributed by atoms with Crippen molar-refractivity contribution in [3.63, 3.8) is 0 Å². The predicted molar refractivity (Wildman–Crippen MR) is 119 cm³/mol. The van der Waals surface area contributed by atoms with Crippen LogP contribution in [0.25, 0.3) is 33.5 Å². The molecule has 0 fully saturated rings. The van der Waals surface area contributed by atoms with E-state index in [9.17, 15) is 17.4 Å². The van der Waals surface area contributed by atoms with E-state index < -0.39 is 33.2 Å². The lowest BCUT2D eigenvalue weighted by Gasteiger charge is -2.18. The maximum Gasteiger partial charge on any atom is 0.245 e. The number of fused-ring (bicyclic) bond motifs is 1. The summed E-state index contributed by atoms with van der Waals surface area (Å²) in [5.74, 6) is -0.686. The summed E-state index contributed by atoms with van der Waals surface area (Å²) in [7, 11) is -4.21. The Bertz CT molecular complexity index is 1420. The van der Waals surface area contributed by atoms with Gasteiger partial charge in [-0.3, -0.25) is 0 Å². The number of nitrogens with one attached hydrogen (secondary N) is 3. The summed E-state index contributed by atoms with van der Waals surface area (Å²) in [6.45, 7) is 1.59. The van der Waals surface area contributed by atoms with Crippen LogP contribution >= 0.6 is 0 Å². The minimum Gasteiger partial charge on any atom is -0.593 e. The van der Waals surface area contributed by atoms with E-state index in [2.05, 4.69) is 35.3 Å². The highest BCUT2D eigenvalue weighted by molar-refractivity contribution is 7.92. The molecule has 0 aliphatic heterocycles. The minimum atomic E-state index is -4.21. The third kappa shape index (κ3) is 4.26. The molecule has 9 N–H and O–H groups in total. The van der Waals surface area contributed by atoms with E-state index in [1.54, 1.807) is 6.92 Å². The molecule has 0 radical (unpaired) electrons. The number of aromatic nitrogens is 6. The van der Waals surface area contributed by atoms with Crippen molar-refractivity contribution in [2.24, 2.45) is 10.9 Å². The lowest BCUT2D eigenvalue weighted by Crippen LogP contribution is -2.38. The van der Waals surface area contributed by atoms with E-state index in [1.807, 2.05) is 0 Å². The van der Waals surface area contributed by atoms with Crippen LogP contribution in [-0.2, 0) is 21.4 Å². The fourth-order valence-corrected chi connectivity index (χ4v) is 5.96. The van der Waals surface area contributed by atoms with Crippen LogP contribution in [0.1, 0.15) is 6.92 Å². The SMILES string of the molecule is C[C@@H](CN)NS(=O)(=O)c1ccc(-c2cc(F)cc3[nH]c(N)nc23)c(-c2nn[nH]n2)c1[S+](N)[O-]. The van der Waals surface area contributed by atoms with Crippen molar-refractivity contribution in [2.75, 3.05) is 12.3 Å². The van der Waals surface area contributed by atoms with Crippen LogP contribution in [0.2, 0.25) is 0 Å². The Balaban J connectivity index is 2.08. The molecule has 4 aromatic rings. The molecule has 0 bridgehead atoms. The topological polar surface area (TPSA) is 230 Å². The molecule has 2 atom stereocenters. The van der Waals surface area contributed by atoms with Crippen LogP contribution in [-0.4, -0.2) is 56.1 Å². The van der Waals surface area contributed by atoms with Crippen molar-refractivity contribution in [3.8, 4) is 22.5 Å². The van der Waals surface area contributed by atoms with E-state index in [0.717, 1.165) is 0 Å². The number of H-pyrrole nitrogens is 2. The molecule has 2 aromatic heterocycles. The molecule has 4 rings (SSSR count). The van der Waals surface area contributed by atoms with Gasteiger partial charge in [0.1, 0.15) is 10.7 Å².